The molecule has 0 bridgehead atoms. The van der Waals surface area contributed by atoms with Crippen LogP contribution in [0.2, 0.25) is 0 Å². The fourth-order valence-electron chi connectivity index (χ4n) is 1.73. The Bertz CT molecular complexity index is 685. The van der Waals surface area contributed by atoms with Crippen molar-refractivity contribution in [1.82, 2.24) is 9.97 Å². The van der Waals surface area contributed by atoms with Crippen molar-refractivity contribution in [3.8, 4) is 0 Å². The molecule has 0 aliphatic heterocycles. The van der Waals surface area contributed by atoms with E-state index in [0.29, 0.717) is 11.3 Å². The molecule has 0 radical (unpaired) electrons. The summed E-state index contributed by atoms with van der Waals surface area (Å²) in [6.45, 7) is 1.68. The lowest BCUT2D eigenvalue weighted by atomic mass is 10.1. The van der Waals surface area contributed by atoms with Gasteiger partial charge in [-0.25, -0.2) is 14.8 Å². The van der Waals surface area contributed by atoms with Gasteiger partial charge in [0.25, 0.3) is 5.91 Å². The molecule has 0 fully saturated rings. The highest BCUT2D eigenvalue weighted by molar-refractivity contribution is 5.96. The topological polar surface area (TPSA) is 118 Å². The number of anilines is 2. The molecule has 0 saturated carbocycles. The number of aromatic nitrogens is 2. The number of hydrogen-bond acceptors (Lipinski definition) is 5. The second kappa shape index (κ2) is 5.35. The Morgan fingerprint density at radius 1 is 1.25 bits per heavy atom. The summed E-state index contributed by atoms with van der Waals surface area (Å²) in [7, 11) is 0. The third kappa shape index (κ3) is 2.72. The van der Waals surface area contributed by atoms with E-state index in [9.17, 15) is 9.59 Å². The fraction of sp³-hybridized carbons (Fsp3) is 0.0769. The molecule has 1 aromatic carbocycles. The first-order valence-electron chi connectivity index (χ1n) is 5.71. The van der Waals surface area contributed by atoms with E-state index in [1.165, 1.54) is 18.5 Å². The van der Waals surface area contributed by atoms with Crippen molar-refractivity contribution in [2.45, 2.75) is 6.92 Å². The van der Waals surface area contributed by atoms with E-state index < -0.39 is 11.9 Å². The molecule has 0 unspecified atom stereocenters. The molecule has 0 aliphatic rings. The van der Waals surface area contributed by atoms with Crippen LogP contribution in [-0.4, -0.2) is 27.0 Å². The molecule has 1 amide bonds. The number of hydrogen-bond donors (Lipinski definition) is 3. The minimum Gasteiger partial charge on any atom is -0.478 e. The van der Waals surface area contributed by atoms with Crippen LogP contribution in [0, 0.1) is 6.92 Å². The summed E-state index contributed by atoms with van der Waals surface area (Å²) in [5.74, 6) is -1.46. The highest BCUT2D eigenvalue weighted by atomic mass is 16.4. The third-order valence-electron chi connectivity index (χ3n) is 2.65. The number of nitrogens with two attached hydrogens (primary N) is 1. The van der Waals surface area contributed by atoms with Crippen LogP contribution in [0.15, 0.2) is 30.6 Å². The van der Waals surface area contributed by atoms with Crippen LogP contribution in [-0.2, 0) is 0 Å². The zero-order chi connectivity index (χ0) is 14.7. The molecule has 2 aromatic rings. The van der Waals surface area contributed by atoms with E-state index in [-0.39, 0.29) is 17.1 Å². The van der Waals surface area contributed by atoms with Gasteiger partial charge in [0.05, 0.1) is 5.56 Å². The van der Waals surface area contributed by atoms with Gasteiger partial charge in [-0.2, -0.15) is 0 Å². The summed E-state index contributed by atoms with van der Waals surface area (Å²) in [4.78, 5) is 30.0. The molecule has 102 valence electrons. The summed E-state index contributed by atoms with van der Waals surface area (Å²) < 4.78 is 0. The number of aryl methyl sites for hydroxylation is 1. The SMILES string of the molecule is Cc1cc(Nc2nccnc2C(N)=O)ccc1C(=O)O. The molecule has 0 aliphatic carbocycles. The van der Waals surface area contributed by atoms with Crippen molar-refractivity contribution in [1.29, 1.82) is 0 Å². The zero-order valence-electron chi connectivity index (χ0n) is 10.6. The average molecular weight is 272 g/mol. The van der Waals surface area contributed by atoms with Crippen molar-refractivity contribution < 1.29 is 14.7 Å². The van der Waals surface area contributed by atoms with Crippen LogP contribution in [0.25, 0.3) is 0 Å². The number of nitrogens with zero attached hydrogens (tertiary/aromatic N) is 2. The van der Waals surface area contributed by atoms with Gasteiger partial charge in [-0.1, -0.05) is 0 Å². The first kappa shape index (κ1) is 13.5. The van der Waals surface area contributed by atoms with E-state index in [0.717, 1.165) is 0 Å². The van der Waals surface area contributed by atoms with Crippen molar-refractivity contribution in [3.05, 3.63) is 47.4 Å². The van der Waals surface area contributed by atoms with Crippen molar-refractivity contribution in [2.75, 3.05) is 5.32 Å². The molecule has 0 atom stereocenters. The quantitative estimate of drug-likeness (QED) is 0.772. The minimum absolute atomic E-state index is 0.0208. The molecular formula is C13H12N4O3. The maximum Gasteiger partial charge on any atom is 0.335 e. The summed E-state index contributed by atoms with van der Waals surface area (Å²) in [6, 6.07) is 4.69. The molecule has 7 nitrogen and oxygen atoms in total. The molecule has 2 rings (SSSR count). The van der Waals surface area contributed by atoms with E-state index in [4.69, 9.17) is 10.8 Å². The number of carboxylic acids is 1. The smallest absolute Gasteiger partial charge is 0.335 e. The molecule has 20 heavy (non-hydrogen) atoms. The predicted molar refractivity (Wildman–Crippen MR) is 72.0 cm³/mol. The van der Waals surface area contributed by atoms with Gasteiger partial charge in [0, 0.05) is 18.1 Å². The van der Waals surface area contributed by atoms with E-state index in [2.05, 4.69) is 15.3 Å². The lowest BCUT2D eigenvalue weighted by molar-refractivity contribution is 0.0696. The second-order valence-electron chi connectivity index (χ2n) is 4.08. The van der Waals surface area contributed by atoms with Crippen molar-refractivity contribution in [2.24, 2.45) is 5.73 Å². The Morgan fingerprint density at radius 3 is 2.55 bits per heavy atom. The summed E-state index contributed by atoms with van der Waals surface area (Å²) in [6.07, 6.45) is 2.79. The van der Waals surface area contributed by atoms with Gasteiger partial charge < -0.3 is 16.2 Å². The van der Waals surface area contributed by atoms with E-state index in [1.807, 2.05) is 0 Å². The Morgan fingerprint density at radius 2 is 1.95 bits per heavy atom. The van der Waals surface area contributed by atoms with Crippen molar-refractivity contribution in [3.63, 3.8) is 0 Å². The van der Waals surface area contributed by atoms with Gasteiger partial charge in [0.2, 0.25) is 0 Å². The maximum atomic E-state index is 11.2. The first-order chi connectivity index (χ1) is 9.49. The number of benzene rings is 1. The van der Waals surface area contributed by atoms with Gasteiger partial charge in [-0.05, 0) is 30.7 Å². The number of rotatable bonds is 4. The Labute approximate surface area is 114 Å². The maximum absolute atomic E-state index is 11.2. The number of aromatic carboxylic acids is 1. The third-order valence-corrected chi connectivity index (χ3v) is 2.65. The molecule has 4 N–H and O–H groups in total. The molecule has 1 heterocycles. The van der Waals surface area contributed by atoms with Crippen LogP contribution in [0.4, 0.5) is 11.5 Å². The van der Waals surface area contributed by atoms with Crippen LogP contribution in [0.1, 0.15) is 26.4 Å². The van der Waals surface area contributed by atoms with Gasteiger partial charge in [0.1, 0.15) is 0 Å². The van der Waals surface area contributed by atoms with Crippen LogP contribution < -0.4 is 11.1 Å². The van der Waals surface area contributed by atoms with Crippen LogP contribution in [0.3, 0.4) is 0 Å². The largest absolute Gasteiger partial charge is 0.478 e. The van der Waals surface area contributed by atoms with Gasteiger partial charge in [-0.15, -0.1) is 0 Å². The number of carbonyl (C=O) groups is 2. The van der Waals surface area contributed by atoms with E-state index in [1.54, 1.807) is 19.1 Å². The second-order valence-corrected chi connectivity index (χ2v) is 4.08. The van der Waals surface area contributed by atoms with Crippen molar-refractivity contribution >= 4 is 23.4 Å². The zero-order valence-corrected chi connectivity index (χ0v) is 10.6. The Balaban J connectivity index is 2.34. The predicted octanol–water partition coefficient (Wildman–Crippen LogP) is 1.33. The summed E-state index contributed by atoms with van der Waals surface area (Å²) in [5, 5.41) is 11.9. The fourth-order valence-corrected chi connectivity index (χ4v) is 1.73. The molecule has 0 spiro atoms. The number of nitrogens with one attached hydrogen (secondary N) is 1. The van der Waals surface area contributed by atoms with Gasteiger partial charge in [-0.3, -0.25) is 4.79 Å². The summed E-state index contributed by atoms with van der Waals surface area (Å²) in [5.41, 5.74) is 6.62. The lowest BCUT2D eigenvalue weighted by Gasteiger charge is -2.09. The first-order valence-corrected chi connectivity index (χ1v) is 5.71. The van der Waals surface area contributed by atoms with E-state index >= 15 is 0 Å². The number of carboxylic acid groups (broad SMARTS) is 1. The monoisotopic (exact) mass is 272 g/mol. The molecular weight excluding hydrogens is 260 g/mol. The lowest BCUT2D eigenvalue weighted by Crippen LogP contribution is -2.16. The minimum atomic E-state index is -0.994. The highest BCUT2D eigenvalue weighted by Crippen LogP contribution is 2.20. The normalized spacial score (nSPS) is 10.1. The molecule has 1 aromatic heterocycles. The average Bonchev–Trinajstić information content (AvgIpc) is 2.38. The highest BCUT2D eigenvalue weighted by Gasteiger charge is 2.12. The number of amides is 1. The van der Waals surface area contributed by atoms with Crippen LogP contribution in [0.5, 0.6) is 0 Å². The van der Waals surface area contributed by atoms with Crippen LogP contribution >= 0.6 is 0 Å². The molecule has 0 saturated heterocycles. The summed E-state index contributed by atoms with van der Waals surface area (Å²) >= 11 is 0. The Kier molecular flexibility index (Phi) is 3.60. The van der Waals surface area contributed by atoms with Gasteiger partial charge >= 0.3 is 5.97 Å². The standard InChI is InChI=1S/C13H12N4O3/c1-7-6-8(2-3-9(7)13(19)20)17-12-10(11(14)18)15-4-5-16-12/h2-6H,1H3,(H2,14,18)(H,16,17)(H,19,20). The number of carbonyl (C=O) groups excluding carboxylic acids is 1. The number of primary amides is 1. The van der Waals surface area contributed by atoms with Gasteiger partial charge in [0.15, 0.2) is 11.5 Å². The molecule has 7 heteroatoms. The Hall–Kier alpha value is -2.96.